The number of guanidine groups is 1. The number of anilines is 1. The summed E-state index contributed by atoms with van der Waals surface area (Å²) in [7, 11) is 1.80. The van der Waals surface area contributed by atoms with Gasteiger partial charge in [0.1, 0.15) is 0 Å². The summed E-state index contributed by atoms with van der Waals surface area (Å²) in [6, 6.07) is 19.3. The molecule has 0 radical (unpaired) electrons. The monoisotopic (exact) mass is 362 g/mol. The van der Waals surface area contributed by atoms with Crippen molar-refractivity contribution in [1.82, 2.24) is 10.6 Å². The summed E-state index contributed by atoms with van der Waals surface area (Å²) in [4.78, 5) is 18.1. The molecule has 0 spiro atoms. The second-order valence-electron chi connectivity index (χ2n) is 7.24. The third kappa shape index (κ3) is 4.13. The number of aliphatic imine (C=N–C) groups is 1. The molecule has 0 aromatic heterocycles. The fourth-order valence-electron chi connectivity index (χ4n) is 3.69. The summed E-state index contributed by atoms with van der Waals surface area (Å²) in [5.41, 5.74) is 3.55. The van der Waals surface area contributed by atoms with Gasteiger partial charge < -0.3 is 15.5 Å². The Morgan fingerprint density at radius 3 is 2.59 bits per heavy atom. The van der Waals surface area contributed by atoms with Crippen molar-refractivity contribution >= 4 is 17.6 Å². The summed E-state index contributed by atoms with van der Waals surface area (Å²) in [5.74, 6) is 1.63. The Kier molecular flexibility index (Phi) is 5.10. The third-order valence-corrected chi connectivity index (χ3v) is 5.35. The van der Waals surface area contributed by atoms with Gasteiger partial charge in [0.15, 0.2) is 5.96 Å². The summed E-state index contributed by atoms with van der Waals surface area (Å²) in [6.45, 7) is 1.54. The lowest BCUT2D eigenvalue weighted by Gasteiger charge is -2.16. The molecule has 140 valence electrons. The van der Waals surface area contributed by atoms with E-state index in [0.717, 1.165) is 31.0 Å². The van der Waals surface area contributed by atoms with E-state index in [2.05, 4.69) is 58.1 Å². The van der Waals surface area contributed by atoms with Crippen LogP contribution in [0.5, 0.6) is 0 Å². The molecule has 27 heavy (non-hydrogen) atoms. The molecule has 1 saturated heterocycles. The molecule has 2 unspecified atom stereocenters. The summed E-state index contributed by atoms with van der Waals surface area (Å²) >= 11 is 0. The lowest BCUT2D eigenvalue weighted by molar-refractivity contribution is -0.117. The van der Waals surface area contributed by atoms with Crippen LogP contribution < -0.4 is 15.5 Å². The molecule has 5 nitrogen and oxygen atoms in total. The van der Waals surface area contributed by atoms with Crippen molar-refractivity contribution in [3.63, 3.8) is 0 Å². The number of amides is 1. The number of nitrogens with zero attached hydrogens (tertiary/aromatic N) is 2. The molecule has 1 amide bonds. The smallest absolute Gasteiger partial charge is 0.227 e. The molecule has 2 aromatic rings. The number of rotatable bonds is 5. The van der Waals surface area contributed by atoms with Crippen LogP contribution in [0.1, 0.15) is 36.3 Å². The zero-order valence-corrected chi connectivity index (χ0v) is 15.7. The van der Waals surface area contributed by atoms with E-state index < -0.39 is 0 Å². The maximum Gasteiger partial charge on any atom is 0.227 e. The minimum absolute atomic E-state index is 0.225. The van der Waals surface area contributed by atoms with Crippen molar-refractivity contribution < 1.29 is 4.79 Å². The maximum absolute atomic E-state index is 11.8. The predicted molar refractivity (Wildman–Crippen MR) is 109 cm³/mol. The van der Waals surface area contributed by atoms with Gasteiger partial charge in [-0.15, -0.1) is 0 Å². The SMILES string of the molecule is CN=C(NCc1ccc(N2CCCC2=O)cc1)NC1CC1c1ccccc1. The Balaban J connectivity index is 1.28. The highest BCUT2D eigenvalue weighted by Gasteiger charge is 2.38. The van der Waals surface area contributed by atoms with E-state index in [0.29, 0.717) is 24.9 Å². The van der Waals surface area contributed by atoms with Gasteiger partial charge in [-0.25, -0.2) is 0 Å². The fourth-order valence-corrected chi connectivity index (χ4v) is 3.69. The minimum Gasteiger partial charge on any atom is -0.353 e. The van der Waals surface area contributed by atoms with E-state index in [4.69, 9.17) is 0 Å². The van der Waals surface area contributed by atoms with Gasteiger partial charge in [-0.05, 0) is 36.1 Å². The molecular weight excluding hydrogens is 336 g/mol. The van der Waals surface area contributed by atoms with Crippen LogP contribution in [0.4, 0.5) is 5.69 Å². The molecule has 1 aliphatic carbocycles. The molecule has 2 aliphatic rings. The van der Waals surface area contributed by atoms with Gasteiger partial charge in [0.25, 0.3) is 0 Å². The standard InChI is InChI=1S/C22H26N4O/c1-23-22(25-20-14-19(20)17-6-3-2-4-7-17)24-15-16-9-11-18(12-10-16)26-13-5-8-21(26)27/h2-4,6-7,9-12,19-20H,5,8,13-15H2,1H3,(H2,23,24,25). The van der Waals surface area contributed by atoms with Crippen LogP contribution in [-0.4, -0.2) is 31.5 Å². The zero-order chi connectivity index (χ0) is 18.6. The van der Waals surface area contributed by atoms with Crippen molar-refractivity contribution in [2.24, 2.45) is 4.99 Å². The van der Waals surface area contributed by atoms with Crippen molar-refractivity contribution in [2.75, 3.05) is 18.5 Å². The number of carbonyl (C=O) groups excluding carboxylic acids is 1. The summed E-state index contributed by atoms with van der Waals surface area (Å²) < 4.78 is 0. The number of nitrogens with one attached hydrogen (secondary N) is 2. The fraction of sp³-hybridized carbons (Fsp3) is 0.364. The Morgan fingerprint density at radius 2 is 1.93 bits per heavy atom. The Labute approximate surface area is 160 Å². The van der Waals surface area contributed by atoms with Crippen LogP contribution >= 0.6 is 0 Å². The molecule has 2 aromatic carbocycles. The highest BCUT2D eigenvalue weighted by molar-refractivity contribution is 5.95. The second kappa shape index (κ2) is 7.82. The third-order valence-electron chi connectivity index (χ3n) is 5.35. The first-order valence-electron chi connectivity index (χ1n) is 9.66. The van der Waals surface area contributed by atoms with Crippen molar-refractivity contribution in [2.45, 2.75) is 37.8 Å². The highest BCUT2D eigenvalue weighted by Crippen LogP contribution is 2.40. The average Bonchev–Trinajstić information content (AvgIpc) is 3.36. The molecule has 1 aliphatic heterocycles. The van der Waals surface area contributed by atoms with E-state index in [9.17, 15) is 4.79 Å². The number of hydrogen-bond donors (Lipinski definition) is 2. The van der Waals surface area contributed by atoms with Crippen LogP contribution in [0.2, 0.25) is 0 Å². The van der Waals surface area contributed by atoms with Crippen LogP contribution in [0.15, 0.2) is 59.6 Å². The molecule has 2 N–H and O–H groups in total. The van der Waals surface area contributed by atoms with E-state index in [-0.39, 0.29) is 5.91 Å². The topological polar surface area (TPSA) is 56.7 Å². The average molecular weight is 362 g/mol. The molecule has 2 fully saturated rings. The first-order chi connectivity index (χ1) is 13.2. The molecule has 0 bridgehead atoms. The predicted octanol–water partition coefficient (Wildman–Crippen LogP) is 3.03. The normalized spacial score (nSPS) is 22.0. The van der Waals surface area contributed by atoms with Crippen LogP contribution in [0.25, 0.3) is 0 Å². The van der Waals surface area contributed by atoms with Crippen molar-refractivity contribution in [1.29, 1.82) is 0 Å². The van der Waals surface area contributed by atoms with Gasteiger partial charge in [-0.1, -0.05) is 42.5 Å². The Morgan fingerprint density at radius 1 is 1.15 bits per heavy atom. The summed E-state index contributed by atoms with van der Waals surface area (Å²) in [5, 5.41) is 6.89. The molecule has 4 rings (SSSR count). The van der Waals surface area contributed by atoms with Crippen LogP contribution in [0.3, 0.4) is 0 Å². The van der Waals surface area contributed by atoms with Crippen molar-refractivity contribution in [3.05, 3.63) is 65.7 Å². The largest absolute Gasteiger partial charge is 0.353 e. The molecule has 1 saturated carbocycles. The minimum atomic E-state index is 0.225. The van der Waals surface area contributed by atoms with Crippen LogP contribution in [0, 0.1) is 0 Å². The second-order valence-corrected chi connectivity index (χ2v) is 7.24. The van der Waals surface area contributed by atoms with Crippen molar-refractivity contribution in [3.8, 4) is 0 Å². The van der Waals surface area contributed by atoms with E-state index in [1.165, 1.54) is 11.1 Å². The van der Waals surface area contributed by atoms with Gasteiger partial charge in [0, 0.05) is 44.2 Å². The summed E-state index contributed by atoms with van der Waals surface area (Å²) in [6.07, 6.45) is 2.76. The maximum atomic E-state index is 11.8. The van der Waals surface area contributed by atoms with E-state index in [1.54, 1.807) is 7.05 Å². The lowest BCUT2D eigenvalue weighted by Crippen LogP contribution is -2.38. The zero-order valence-electron chi connectivity index (χ0n) is 15.7. The number of benzene rings is 2. The quantitative estimate of drug-likeness (QED) is 0.635. The Bertz CT molecular complexity index is 816. The van der Waals surface area contributed by atoms with Crippen LogP contribution in [-0.2, 0) is 11.3 Å². The van der Waals surface area contributed by atoms with Gasteiger partial charge in [-0.2, -0.15) is 0 Å². The number of hydrogen-bond acceptors (Lipinski definition) is 2. The first-order valence-corrected chi connectivity index (χ1v) is 9.66. The Hall–Kier alpha value is -2.82. The molecule has 2 atom stereocenters. The highest BCUT2D eigenvalue weighted by atomic mass is 16.2. The van der Waals surface area contributed by atoms with Gasteiger partial charge in [0.2, 0.25) is 5.91 Å². The van der Waals surface area contributed by atoms with Gasteiger partial charge >= 0.3 is 0 Å². The number of carbonyl (C=O) groups is 1. The first kappa shape index (κ1) is 17.6. The lowest BCUT2D eigenvalue weighted by atomic mass is 10.1. The molecule has 5 heteroatoms. The molecular formula is C22H26N4O. The van der Waals surface area contributed by atoms with Gasteiger partial charge in [-0.3, -0.25) is 9.79 Å². The molecule has 1 heterocycles. The van der Waals surface area contributed by atoms with E-state index in [1.807, 2.05) is 17.0 Å². The van der Waals surface area contributed by atoms with Gasteiger partial charge in [0.05, 0.1) is 0 Å². The van der Waals surface area contributed by atoms with E-state index >= 15 is 0 Å².